The van der Waals surface area contributed by atoms with Gasteiger partial charge in [0.15, 0.2) is 17.3 Å². The lowest BCUT2D eigenvalue weighted by Crippen LogP contribution is -2.50. The highest BCUT2D eigenvalue weighted by atomic mass is 16.5. The molecule has 2 aromatic carbocycles. The van der Waals surface area contributed by atoms with Crippen LogP contribution in [0, 0.1) is 0 Å². The van der Waals surface area contributed by atoms with Crippen molar-refractivity contribution in [3.05, 3.63) is 53.9 Å². The minimum absolute atomic E-state index is 0.164. The van der Waals surface area contributed by atoms with Crippen LogP contribution in [0.3, 0.4) is 0 Å². The van der Waals surface area contributed by atoms with Gasteiger partial charge in [-0.05, 0) is 30.3 Å². The van der Waals surface area contributed by atoms with Gasteiger partial charge in [-0.1, -0.05) is 12.1 Å². The zero-order valence-electron chi connectivity index (χ0n) is 18.2. The molecule has 0 N–H and O–H groups in total. The largest absolute Gasteiger partial charge is 0.493 e. The number of ether oxygens (including phenoxy) is 3. The van der Waals surface area contributed by atoms with Gasteiger partial charge in [-0.3, -0.25) is 9.69 Å². The Balaban J connectivity index is 1.23. The third-order valence-electron chi connectivity index (χ3n) is 6.22. The number of Topliss-reactive ketones (excluding diaryl/α,β-unsaturated/α-hetero) is 1. The molecule has 0 unspecified atom stereocenters. The maximum absolute atomic E-state index is 12.6. The number of benzene rings is 2. The molecule has 1 aromatic heterocycles. The van der Waals surface area contributed by atoms with E-state index >= 15 is 0 Å². The van der Waals surface area contributed by atoms with Crippen molar-refractivity contribution in [3.63, 3.8) is 0 Å². The average Bonchev–Trinajstić information content (AvgIpc) is 3.29. The molecule has 1 fully saturated rings. The predicted octanol–water partition coefficient (Wildman–Crippen LogP) is 3.75. The molecule has 166 valence electrons. The van der Waals surface area contributed by atoms with E-state index in [2.05, 4.69) is 15.1 Å². The van der Waals surface area contributed by atoms with Gasteiger partial charge in [0.25, 0.3) is 0 Å². The highest BCUT2D eigenvalue weighted by Crippen LogP contribution is 2.39. The van der Waals surface area contributed by atoms with Crippen molar-refractivity contribution < 1.29 is 23.4 Å². The van der Waals surface area contributed by atoms with Crippen molar-refractivity contribution in [2.75, 3.05) is 27.3 Å². The third kappa shape index (κ3) is 3.82. The number of piperidine rings is 1. The zero-order chi connectivity index (χ0) is 22.1. The molecule has 0 bridgehead atoms. The number of carbonyl (C=O) groups is 1. The first-order valence-corrected chi connectivity index (χ1v) is 10.7. The van der Waals surface area contributed by atoms with Crippen LogP contribution >= 0.6 is 0 Å². The number of methoxy groups -OCH3 is 2. The summed E-state index contributed by atoms with van der Waals surface area (Å²) in [5.41, 5.74) is 1.04. The Morgan fingerprint density at radius 3 is 2.59 bits per heavy atom. The normalized spacial score (nSPS) is 17.6. The van der Waals surface area contributed by atoms with Crippen molar-refractivity contribution in [1.29, 1.82) is 0 Å². The first-order chi connectivity index (χ1) is 15.6. The minimum atomic E-state index is -0.415. The topological polar surface area (TPSA) is 86.9 Å². The van der Waals surface area contributed by atoms with Gasteiger partial charge in [0, 0.05) is 31.5 Å². The smallest absolute Gasteiger partial charge is 0.247 e. The van der Waals surface area contributed by atoms with Gasteiger partial charge < -0.3 is 18.6 Å². The molecule has 32 heavy (non-hydrogen) atoms. The molecular weight excluding hydrogens is 410 g/mol. The van der Waals surface area contributed by atoms with E-state index in [-0.39, 0.29) is 5.78 Å². The summed E-state index contributed by atoms with van der Waals surface area (Å²) in [5.74, 6) is 3.10. The lowest BCUT2D eigenvalue weighted by Gasteiger charge is -2.43. The summed E-state index contributed by atoms with van der Waals surface area (Å²) in [6, 6.07) is 13.0. The minimum Gasteiger partial charge on any atom is -0.493 e. The van der Waals surface area contributed by atoms with Crippen LogP contribution in [0.5, 0.6) is 17.2 Å². The van der Waals surface area contributed by atoms with Gasteiger partial charge in [0.2, 0.25) is 11.8 Å². The fraction of sp³-hybridized carbons (Fsp3) is 0.375. The fourth-order valence-corrected chi connectivity index (χ4v) is 4.44. The van der Waals surface area contributed by atoms with E-state index in [1.54, 1.807) is 14.2 Å². The number of likely N-dealkylation sites (tertiary alicyclic amines) is 1. The number of rotatable bonds is 5. The number of hydrogen-bond acceptors (Lipinski definition) is 8. The van der Waals surface area contributed by atoms with Gasteiger partial charge in [0.05, 0.1) is 32.7 Å². The summed E-state index contributed by atoms with van der Waals surface area (Å²) in [7, 11) is 3.18. The molecule has 5 rings (SSSR count). The van der Waals surface area contributed by atoms with Gasteiger partial charge in [-0.2, -0.15) is 0 Å². The lowest BCUT2D eigenvalue weighted by atomic mass is 9.82. The number of para-hydroxylation sites is 1. The molecule has 2 aliphatic rings. The van der Waals surface area contributed by atoms with E-state index in [0.29, 0.717) is 47.6 Å². The predicted molar refractivity (Wildman–Crippen MR) is 116 cm³/mol. The molecule has 0 saturated carbocycles. The third-order valence-corrected chi connectivity index (χ3v) is 6.22. The van der Waals surface area contributed by atoms with E-state index < -0.39 is 5.60 Å². The van der Waals surface area contributed by atoms with Crippen LogP contribution in [0.2, 0.25) is 0 Å². The van der Waals surface area contributed by atoms with Crippen molar-refractivity contribution in [1.82, 2.24) is 15.1 Å². The maximum atomic E-state index is 12.6. The molecule has 1 spiro atoms. The van der Waals surface area contributed by atoms with Crippen LogP contribution in [0.25, 0.3) is 11.5 Å². The summed E-state index contributed by atoms with van der Waals surface area (Å²) in [5, 5.41) is 8.41. The summed E-state index contributed by atoms with van der Waals surface area (Å²) in [6.45, 7) is 2.15. The van der Waals surface area contributed by atoms with Crippen LogP contribution in [-0.4, -0.2) is 53.8 Å². The lowest BCUT2D eigenvalue weighted by molar-refractivity contribution is -0.0122. The molecule has 0 radical (unpaired) electrons. The van der Waals surface area contributed by atoms with E-state index in [9.17, 15) is 4.79 Å². The molecule has 2 aliphatic heterocycles. The average molecular weight is 435 g/mol. The van der Waals surface area contributed by atoms with E-state index in [1.165, 1.54) is 0 Å². The highest BCUT2D eigenvalue weighted by Gasteiger charge is 2.42. The Morgan fingerprint density at radius 2 is 1.81 bits per heavy atom. The molecule has 3 heterocycles. The second-order valence-electron chi connectivity index (χ2n) is 8.23. The number of aromatic nitrogens is 2. The Hall–Kier alpha value is -3.39. The monoisotopic (exact) mass is 435 g/mol. The summed E-state index contributed by atoms with van der Waals surface area (Å²) >= 11 is 0. The van der Waals surface area contributed by atoms with Crippen molar-refractivity contribution >= 4 is 5.78 Å². The Kier molecular flexibility index (Phi) is 5.30. The first-order valence-electron chi connectivity index (χ1n) is 10.7. The van der Waals surface area contributed by atoms with Crippen LogP contribution in [0.15, 0.2) is 46.9 Å². The van der Waals surface area contributed by atoms with Crippen molar-refractivity contribution in [3.8, 4) is 28.7 Å². The molecule has 8 heteroatoms. The second-order valence-corrected chi connectivity index (χ2v) is 8.23. The van der Waals surface area contributed by atoms with E-state index in [4.69, 9.17) is 18.6 Å². The Bertz CT molecular complexity index is 1130. The number of carbonyl (C=O) groups excluding carboxylic acids is 1. The quantitative estimate of drug-likeness (QED) is 0.599. The Morgan fingerprint density at radius 1 is 1.03 bits per heavy atom. The van der Waals surface area contributed by atoms with Crippen LogP contribution < -0.4 is 14.2 Å². The second kappa shape index (κ2) is 8.27. The van der Waals surface area contributed by atoms with Gasteiger partial charge in [-0.15, -0.1) is 10.2 Å². The summed E-state index contributed by atoms with van der Waals surface area (Å²) in [6.07, 6.45) is 2.00. The van der Waals surface area contributed by atoms with Crippen LogP contribution in [0.4, 0.5) is 0 Å². The molecule has 8 nitrogen and oxygen atoms in total. The number of fused-ring (bicyclic) bond motifs is 1. The van der Waals surface area contributed by atoms with Gasteiger partial charge >= 0.3 is 0 Å². The molecule has 0 amide bonds. The fourth-order valence-electron chi connectivity index (χ4n) is 4.44. The molecule has 3 aromatic rings. The van der Waals surface area contributed by atoms with E-state index in [0.717, 1.165) is 31.5 Å². The van der Waals surface area contributed by atoms with Crippen LogP contribution in [-0.2, 0) is 6.54 Å². The van der Waals surface area contributed by atoms with Gasteiger partial charge in [0.1, 0.15) is 11.4 Å². The summed E-state index contributed by atoms with van der Waals surface area (Å²) < 4.78 is 22.8. The van der Waals surface area contributed by atoms with Gasteiger partial charge in [-0.25, -0.2) is 0 Å². The molecule has 0 atom stereocenters. The van der Waals surface area contributed by atoms with Crippen molar-refractivity contribution in [2.45, 2.75) is 31.4 Å². The summed E-state index contributed by atoms with van der Waals surface area (Å²) in [4.78, 5) is 14.9. The van der Waals surface area contributed by atoms with E-state index in [1.807, 2.05) is 42.5 Å². The zero-order valence-corrected chi connectivity index (χ0v) is 18.2. The first kappa shape index (κ1) is 20.5. The molecular formula is C24H25N3O5. The SMILES string of the molecule is COc1ccc(-c2nnc(CN3CCC4(CC3)CC(=O)c3ccccc3O4)o2)cc1OC. The number of hydrogen-bond donors (Lipinski definition) is 0. The number of ketones is 1. The standard InChI is InChI=1S/C24H25N3O5/c1-29-20-8-7-16(13-21(20)30-2)23-26-25-22(31-23)15-27-11-9-24(10-12-27)14-18(28)17-5-3-4-6-19(17)32-24/h3-8,13H,9-12,14-15H2,1-2H3. The molecule has 0 aliphatic carbocycles. The van der Waals surface area contributed by atoms with Crippen LogP contribution in [0.1, 0.15) is 35.5 Å². The van der Waals surface area contributed by atoms with Crippen molar-refractivity contribution in [2.24, 2.45) is 0 Å². The Labute approximate surface area is 186 Å². The maximum Gasteiger partial charge on any atom is 0.247 e. The highest BCUT2D eigenvalue weighted by molar-refractivity contribution is 6.00. The number of nitrogens with zero attached hydrogens (tertiary/aromatic N) is 3. The molecule has 1 saturated heterocycles.